The molecule has 0 spiro atoms. The lowest BCUT2D eigenvalue weighted by Crippen LogP contribution is -2.45. The van der Waals surface area contributed by atoms with Gasteiger partial charge in [-0.2, -0.15) is 0 Å². The Labute approximate surface area is 132 Å². The van der Waals surface area contributed by atoms with Crippen LogP contribution in [-0.4, -0.2) is 24.4 Å². The number of hydrogen-bond donors (Lipinski definition) is 1. The molecule has 2 N–H and O–H groups in total. The van der Waals surface area contributed by atoms with Gasteiger partial charge in [0.2, 0.25) is 5.91 Å². The van der Waals surface area contributed by atoms with Crippen molar-refractivity contribution >= 4 is 29.9 Å². The first kappa shape index (κ1) is 19.2. The van der Waals surface area contributed by atoms with E-state index in [9.17, 15) is 4.79 Å². The second-order valence-electron chi connectivity index (χ2n) is 4.98. The maximum Gasteiger partial charge on any atom is 0.230 e. The zero-order valence-electron chi connectivity index (χ0n) is 12.4. The van der Waals surface area contributed by atoms with E-state index in [0.717, 1.165) is 18.4 Å². The summed E-state index contributed by atoms with van der Waals surface area (Å²) in [5.41, 5.74) is 6.45. The van der Waals surface area contributed by atoms with Crippen molar-refractivity contribution in [3.05, 3.63) is 34.9 Å². The molecule has 0 radical (unpaired) electrons. The van der Waals surface area contributed by atoms with E-state index in [4.69, 9.17) is 17.3 Å². The number of nitrogens with two attached hydrogens (primary N) is 1. The van der Waals surface area contributed by atoms with Crippen LogP contribution in [0.3, 0.4) is 0 Å². The van der Waals surface area contributed by atoms with E-state index in [2.05, 4.69) is 0 Å². The second kappa shape index (κ2) is 8.50. The van der Waals surface area contributed by atoms with Gasteiger partial charge in [0.25, 0.3) is 0 Å². The number of halogens is 2. The fourth-order valence-electron chi connectivity index (χ4n) is 2.27. The third kappa shape index (κ3) is 4.37. The predicted octanol–water partition coefficient (Wildman–Crippen LogP) is 3.49. The minimum Gasteiger partial charge on any atom is -0.341 e. The zero-order valence-corrected chi connectivity index (χ0v) is 13.9. The SMILES string of the molecule is CCC(CC)(CN)C(=O)N(C)Cc1ccc(Cl)cc1.Cl. The van der Waals surface area contributed by atoms with Crippen LogP contribution in [0.5, 0.6) is 0 Å². The molecule has 1 amide bonds. The van der Waals surface area contributed by atoms with Gasteiger partial charge < -0.3 is 10.6 Å². The molecule has 0 aliphatic carbocycles. The van der Waals surface area contributed by atoms with Crippen molar-refractivity contribution < 1.29 is 4.79 Å². The van der Waals surface area contributed by atoms with Gasteiger partial charge in [0.15, 0.2) is 0 Å². The standard InChI is InChI=1S/C15H23ClN2O.ClH/c1-4-15(5-2,11-17)14(19)18(3)10-12-6-8-13(16)9-7-12;/h6-9H,4-5,10-11,17H2,1-3H3;1H. The highest BCUT2D eigenvalue weighted by Gasteiger charge is 2.35. The molecule has 0 atom stereocenters. The lowest BCUT2D eigenvalue weighted by atomic mass is 9.81. The van der Waals surface area contributed by atoms with Crippen molar-refractivity contribution in [3.8, 4) is 0 Å². The molecule has 1 aromatic rings. The van der Waals surface area contributed by atoms with E-state index in [1.54, 1.807) is 4.90 Å². The van der Waals surface area contributed by atoms with Crippen LogP contribution in [0.1, 0.15) is 32.3 Å². The normalized spacial score (nSPS) is 10.8. The minimum atomic E-state index is -0.429. The average Bonchev–Trinajstić information content (AvgIpc) is 2.43. The maximum absolute atomic E-state index is 12.5. The molecular formula is C15H24Cl2N2O. The van der Waals surface area contributed by atoms with E-state index in [-0.39, 0.29) is 18.3 Å². The quantitative estimate of drug-likeness (QED) is 0.872. The summed E-state index contributed by atoms with van der Waals surface area (Å²) >= 11 is 5.85. The van der Waals surface area contributed by atoms with Crippen molar-refractivity contribution in [2.24, 2.45) is 11.1 Å². The van der Waals surface area contributed by atoms with Crippen LogP contribution in [-0.2, 0) is 11.3 Å². The number of nitrogens with zero attached hydrogens (tertiary/aromatic N) is 1. The summed E-state index contributed by atoms with van der Waals surface area (Å²) in [5.74, 6) is 0.120. The number of benzene rings is 1. The second-order valence-corrected chi connectivity index (χ2v) is 5.42. The summed E-state index contributed by atoms with van der Waals surface area (Å²) in [6.45, 7) is 5.01. The lowest BCUT2D eigenvalue weighted by molar-refractivity contribution is -0.141. The van der Waals surface area contributed by atoms with Crippen molar-refractivity contribution in [3.63, 3.8) is 0 Å². The Balaban J connectivity index is 0.00000361. The topological polar surface area (TPSA) is 46.3 Å². The van der Waals surface area contributed by atoms with Crippen LogP contribution in [0.2, 0.25) is 5.02 Å². The summed E-state index contributed by atoms with van der Waals surface area (Å²) in [4.78, 5) is 14.3. The first-order chi connectivity index (χ1) is 8.99. The van der Waals surface area contributed by atoms with Gasteiger partial charge in [0.1, 0.15) is 0 Å². The molecule has 0 heterocycles. The maximum atomic E-state index is 12.5. The van der Waals surface area contributed by atoms with E-state index >= 15 is 0 Å². The molecule has 20 heavy (non-hydrogen) atoms. The minimum absolute atomic E-state index is 0. The zero-order chi connectivity index (χ0) is 14.5. The van der Waals surface area contributed by atoms with Crippen LogP contribution >= 0.6 is 24.0 Å². The molecule has 1 aromatic carbocycles. The first-order valence-electron chi connectivity index (χ1n) is 6.69. The van der Waals surface area contributed by atoms with Gasteiger partial charge in [-0.1, -0.05) is 37.6 Å². The molecule has 0 aliphatic rings. The average molecular weight is 319 g/mol. The van der Waals surface area contributed by atoms with Crippen LogP contribution in [0.25, 0.3) is 0 Å². The van der Waals surface area contributed by atoms with Crippen LogP contribution < -0.4 is 5.73 Å². The summed E-state index contributed by atoms with van der Waals surface area (Å²) in [6, 6.07) is 7.55. The fourth-order valence-corrected chi connectivity index (χ4v) is 2.39. The molecule has 0 unspecified atom stereocenters. The molecular weight excluding hydrogens is 295 g/mol. The summed E-state index contributed by atoms with van der Waals surface area (Å²) in [7, 11) is 1.83. The highest BCUT2D eigenvalue weighted by molar-refractivity contribution is 6.30. The van der Waals surface area contributed by atoms with E-state index in [0.29, 0.717) is 18.1 Å². The largest absolute Gasteiger partial charge is 0.341 e. The Hall–Kier alpha value is -0.770. The molecule has 5 heteroatoms. The Morgan fingerprint density at radius 3 is 2.15 bits per heavy atom. The number of rotatable bonds is 6. The highest BCUT2D eigenvalue weighted by atomic mass is 35.5. The lowest BCUT2D eigenvalue weighted by Gasteiger charge is -2.33. The van der Waals surface area contributed by atoms with Crippen LogP contribution in [0.15, 0.2) is 24.3 Å². The molecule has 0 aromatic heterocycles. The third-order valence-corrected chi connectivity index (χ3v) is 4.13. The third-order valence-electron chi connectivity index (χ3n) is 3.88. The fraction of sp³-hybridized carbons (Fsp3) is 0.533. The number of amides is 1. The van der Waals surface area contributed by atoms with Gasteiger partial charge in [-0.05, 0) is 30.5 Å². The van der Waals surface area contributed by atoms with Crippen molar-refractivity contribution in [2.45, 2.75) is 33.2 Å². The van der Waals surface area contributed by atoms with E-state index in [1.165, 1.54) is 0 Å². The smallest absolute Gasteiger partial charge is 0.230 e. The van der Waals surface area contributed by atoms with E-state index < -0.39 is 5.41 Å². The Morgan fingerprint density at radius 1 is 1.25 bits per heavy atom. The van der Waals surface area contributed by atoms with Gasteiger partial charge in [-0.25, -0.2) is 0 Å². The highest BCUT2D eigenvalue weighted by Crippen LogP contribution is 2.28. The predicted molar refractivity (Wildman–Crippen MR) is 87.2 cm³/mol. The molecule has 114 valence electrons. The number of carbonyl (C=O) groups excluding carboxylic acids is 1. The van der Waals surface area contributed by atoms with Crippen LogP contribution in [0.4, 0.5) is 0 Å². The van der Waals surface area contributed by atoms with Gasteiger partial charge in [0, 0.05) is 25.2 Å². The van der Waals surface area contributed by atoms with Crippen molar-refractivity contribution in [2.75, 3.05) is 13.6 Å². The molecule has 0 aliphatic heterocycles. The molecule has 1 rings (SSSR count). The first-order valence-corrected chi connectivity index (χ1v) is 7.07. The Morgan fingerprint density at radius 2 is 1.75 bits per heavy atom. The Kier molecular flexibility index (Phi) is 8.17. The van der Waals surface area contributed by atoms with Gasteiger partial charge in [0.05, 0.1) is 5.41 Å². The van der Waals surface area contributed by atoms with Crippen LogP contribution in [0, 0.1) is 5.41 Å². The molecule has 0 fully saturated rings. The van der Waals surface area contributed by atoms with E-state index in [1.807, 2.05) is 45.2 Å². The van der Waals surface area contributed by atoms with Gasteiger partial charge in [-0.15, -0.1) is 12.4 Å². The number of carbonyl (C=O) groups is 1. The Bertz CT molecular complexity index is 408. The monoisotopic (exact) mass is 318 g/mol. The summed E-state index contributed by atoms with van der Waals surface area (Å²) in [5, 5.41) is 0.705. The summed E-state index contributed by atoms with van der Waals surface area (Å²) in [6.07, 6.45) is 1.54. The van der Waals surface area contributed by atoms with Crippen molar-refractivity contribution in [1.82, 2.24) is 4.90 Å². The molecule has 0 bridgehead atoms. The van der Waals surface area contributed by atoms with Gasteiger partial charge >= 0.3 is 0 Å². The molecule has 3 nitrogen and oxygen atoms in total. The molecule has 0 saturated carbocycles. The molecule has 0 saturated heterocycles. The summed E-state index contributed by atoms with van der Waals surface area (Å²) < 4.78 is 0. The number of hydrogen-bond acceptors (Lipinski definition) is 2. The van der Waals surface area contributed by atoms with Gasteiger partial charge in [-0.3, -0.25) is 4.79 Å². The van der Waals surface area contributed by atoms with Crippen molar-refractivity contribution in [1.29, 1.82) is 0 Å².